The van der Waals surface area contributed by atoms with Crippen molar-refractivity contribution in [3.05, 3.63) is 48.0 Å². The number of fused-ring (bicyclic) bond motifs is 3. The molecule has 1 aromatic heterocycles. The van der Waals surface area contributed by atoms with Crippen molar-refractivity contribution in [2.24, 2.45) is 0 Å². The van der Waals surface area contributed by atoms with Gasteiger partial charge in [-0.1, -0.05) is 44.2 Å². The fourth-order valence-electron chi connectivity index (χ4n) is 3.18. The first-order chi connectivity index (χ1) is 12.2. The summed E-state index contributed by atoms with van der Waals surface area (Å²) in [6.45, 7) is 8.19. The molecule has 0 unspecified atom stereocenters. The number of ether oxygens (including phenoxy) is 1. The minimum absolute atomic E-state index is 0.548. The third kappa shape index (κ3) is 4.05. The zero-order chi connectivity index (χ0) is 17.6. The Bertz CT molecular complexity index is 861. The molecular weight excluding hydrogens is 308 g/mol. The van der Waals surface area contributed by atoms with Gasteiger partial charge in [-0.3, -0.25) is 0 Å². The van der Waals surface area contributed by atoms with Crippen LogP contribution in [0, 0.1) is 0 Å². The first-order valence-corrected chi connectivity index (χ1v) is 9.23. The van der Waals surface area contributed by atoms with Gasteiger partial charge < -0.3 is 15.0 Å². The van der Waals surface area contributed by atoms with E-state index in [4.69, 9.17) is 4.74 Å². The molecule has 0 aliphatic heterocycles. The molecule has 3 nitrogen and oxygen atoms in total. The molecule has 2 N–H and O–H groups in total. The van der Waals surface area contributed by atoms with E-state index in [0.717, 1.165) is 42.8 Å². The standard InChI is InChI=1S/C22H28N2O/c1-4-9-19-21(25-15-8-7-14-23-16(2)3)13-12-18-17-10-5-6-11-20(17)24-22(18)19/h4-6,9-13,16,23-24H,7-8,14-15H2,1-3H3/b9-4+. The van der Waals surface area contributed by atoms with Crippen molar-refractivity contribution >= 4 is 27.9 Å². The second-order valence-corrected chi connectivity index (χ2v) is 6.73. The molecule has 2 aromatic carbocycles. The lowest BCUT2D eigenvalue weighted by molar-refractivity contribution is 0.305. The number of rotatable bonds is 8. The molecule has 0 spiro atoms. The molecule has 0 aliphatic carbocycles. The molecule has 0 radical (unpaired) electrons. The zero-order valence-electron chi connectivity index (χ0n) is 15.4. The molecule has 0 atom stereocenters. The number of aromatic nitrogens is 1. The van der Waals surface area contributed by atoms with E-state index in [1.807, 2.05) is 6.92 Å². The minimum Gasteiger partial charge on any atom is -0.493 e. The lowest BCUT2D eigenvalue weighted by Gasteiger charge is -2.11. The summed E-state index contributed by atoms with van der Waals surface area (Å²) in [6, 6.07) is 13.2. The lowest BCUT2D eigenvalue weighted by Crippen LogP contribution is -2.23. The largest absolute Gasteiger partial charge is 0.493 e. The van der Waals surface area contributed by atoms with Crippen LogP contribution in [0.2, 0.25) is 0 Å². The highest BCUT2D eigenvalue weighted by atomic mass is 16.5. The van der Waals surface area contributed by atoms with Crippen LogP contribution < -0.4 is 10.1 Å². The SMILES string of the molecule is C/C=C/c1c(OCCCCNC(C)C)ccc2c1[nH]c1ccccc12. The second kappa shape index (κ2) is 8.21. The van der Waals surface area contributed by atoms with Crippen molar-refractivity contribution < 1.29 is 4.74 Å². The first kappa shape index (κ1) is 17.6. The predicted molar refractivity (Wildman–Crippen MR) is 108 cm³/mol. The lowest BCUT2D eigenvalue weighted by atomic mass is 10.1. The molecular formula is C22H28N2O. The van der Waals surface area contributed by atoms with E-state index in [1.54, 1.807) is 0 Å². The summed E-state index contributed by atoms with van der Waals surface area (Å²) >= 11 is 0. The van der Waals surface area contributed by atoms with E-state index < -0.39 is 0 Å². The van der Waals surface area contributed by atoms with E-state index in [-0.39, 0.29) is 0 Å². The van der Waals surface area contributed by atoms with E-state index in [1.165, 1.54) is 16.3 Å². The number of unbranched alkanes of at least 4 members (excludes halogenated alkanes) is 1. The van der Waals surface area contributed by atoms with Crippen LogP contribution in [0.3, 0.4) is 0 Å². The van der Waals surface area contributed by atoms with Crippen molar-refractivity contribution in [1.82, 2.24) is 10.3 Å². The molecule has 0 saturated heterocycles. The van der Waals surface area contributed by atoms with Gasteiger partial charge in [0, 0.05) is 27.9 Å². The number of hydrogen-bond acceptors (Lipinski definition) is 2. The first-order valence-electron chi connectivity index (χ1n) is 9.23. The fourth-order valence-corrected chi connectivity index (χ4v) is 3.18. The molecule has 0 bridgehead atoms. The van der Waals surface area contributed by atoms with Crippen molar-refractivity contribution in [3.8, 4) is 5.75 Å². The van der Waals surface area contributed by atoms with Gasteiger partial charge in [0.1, 0.15) is 5.75 Å². The second-order valence-electron chi connectivity index (χ2n) is 6.73. The van der Waals surface area contributed by atoms with Crippen LogP contribution in [0.15, 0.2) is 42.5 Å². The van der Waals surface area contributed by atoms with Gasteiger partial charge in [0.25, 0.3) is 0 Å². The van der Waals surface area contributed by atoms with Crippen LogP contribution in [0.25, 0.3) is 27.9 Å². The monoisotopic (exact) mass is 336 g/mol. The normalized spacial score (nSPS) is 12.0. The van der Waals surface area contributed by atoms with Gasteiger partial charge in [-0.15, -0.1) is 0 Å². The van der Waals surface area contributed by atoms with E-state index >= 15 is 0 Å². The molecule has 0 saturated carbocycles. The molecule has 0 fully saturated rings. The fraction of sp³-hybridized carbons (Fsp3) is 0.364. The van der Waals surface area contributed by atoms with Crippen molar-refractivity contribution in [2.75, 3.05) is 13.2 Å². The number of nitrogens with one attached hydrogen (secondary N) is 2. The average molecular weight is 336 g/mol. The third-order valence-corrected chi connectivity index (χ3v) is 4.40. The van der Waals surface area contributed by atoms with Crippen LogP contribution in [-0.4, -0.2) is 24.2 Å². The van der Waals surface area contributed by atoms with Crippen LogP contribution in [0.5, 0.6) is 5.75 Å². The summed E-state index contributed by atoms with van der Waals surface area (Å²) in [5.74, 6) is 0.953. The Morgan fingerprint density at radius 3 is 2.72 bits per heavy atom. The topological polar surface area (TPSA) is 37.0 Å². The van der Waals surface area contributed by atoms with Gasteiger partial charge in [-0.05, 0) is 44.5 Å². The predicted octanol–water partition coefficient (Wildman–Crippen LogP) is 5.51. The Morgan fingerprint density at radius 2 is 1.92 bits per heavy atom. The van der Waals surface area contributed by atoms with E-state index in [0.29, 0.717) is 6.04 Å². The number of allylic oxidation sites excluding steroid dienone is 1. The van der Waals surface area contributed by atoms with Gasteiger partial charge in [0.2, 0.25) is 0 Å². The Kier molecular flexibility index (Phi) is 5.77. The highest BCUT2D eigenvalue weighted by Gasteiger charge is 2.11. The molecule has 3 heteroatoms. The van der Waals surface area contributed by atoms with Gasteiger partial charge in [-0.25, -0.2) is 0 Å². The van der Waals surface area contributed by atoms with Crippen molar-refractivity contribution in [2.45, 2.75) is 39.7 Å². The van der Waals surface area contributed by atoms with Crippen molar-refractivity contribution in [1.29, 1.82) is 0 Å². The maximum Gasteiger partial charge on any atom is 0.128 e. The van der Waals surface area contributed by atoms with Gasteiger partial charge in [0.15, 0.2) is 0 Å². The summed E-state index contributed by atoms with van der Waals surface area (Å²) < 4.78 is 6.10. The van der Waals surface area contributed by atoms with Crippen molar-refractivity contribution in [3.63, 3.8) is 0 Å². The summed E-state index contributed by atoms with van der Waals surface area (Å²) in [7, 11) is 0. The molecule has 3 rings (SSSR count). The summed E-state index contributed by atoms with van der Waals surface area (Å²) in [4.78, 5) is 3.55. The maximum atomic E-state index is 6.10. The number of para-hydroxylation sites is 1. The smallest absolute Gasteiger partial charge is 0.128 e. The number of hydrogen-bond donors (Lipinski definition) is 2. The number of H-pyrrole nitrogens is 1. The van der Waals surface area contributed by atoms with Crippen LogP contribution in [0.1, 0.15) is 39.2 Å². The molecule has 25 heavy (non-hydrogen) atoms. The van der Waals surface area contributed by atoms with E-state index in [9.17, 15) is 0 Å². The van der Waals surface area contributed by atoms with Crippen LogP contribution >= 0.6 is 0 Å². The highest BCUT2D eigenvalue weighted by molar-refractivity contribution is 6.10. The molecule has 3 aromatic rings. The Balaban J connectivity index is 1.78. The Morgan fingerprint density at radius 1 is 1.08 bits per heavy atom. The molecule has 0 amide bonds. The zero-order valence-corrected chi connectivity index (χ0v) is 15.4. The minimum atomic E-state index is 0.548. The van der Waals surface area contributed by atoms with E-state index in [2.05, 4.69) is 72.7 Å². The average Bonchev–Trinajstić information content (AvgIpc) is 2.98. The quantitative estimate of drug-likeness (QED) is 0.532. The number of benzene rings is 2. The van der Waals surface area contributed by atoms with Crippen LogP contribution in [0.4, 0.5) is 0 Å². The highest BCUT2D eigenvalue weighted by Crippen LogP contribution is 2.33. The number of aromatic amines is 1. The molecule has 132 valence electrons. The van der Waals surface area contributed by atoms with Crippen LogP contribution in [-0.2, 0) is 0 Å². The summed E-state index contributed by atoms with van der Waals surface area (Å²) in [5, 5.41) is 5.95. The Labute approximate surface area is 150 Å². The molecule has 1 heterocycles. The maximum absolute atomic E-state index is 6.10. The molecule has 0 aliphatic rings. The van der Waals surface area contributed by atoms with Gasteiger partial charge >= 0.3 is 0 Å². The van der Waals surface area contributed by atoms with Gasteiger partial charge in [-0.2, -0.15) is 0 Å². The van der Waals surface area contributed by atoms with Gasteiger partial charge in [0.05, 0.1) is 12.1 Å². The summed E-state index contributed by atoms with van der Waals surface area (Å²) in [5.41, 5.74) is 3.45. The summed E-state index contributed by atoms with van der Waals surface area (Å²) in [6.07, 6.45) is 6.39. The third-order valence-electron chi connectivity index (χ3n) is 4.40. The Hall–Kier alpha value is -2.26.